The maximum absolute atomic E-state index is 7.13. The van der Waals surface area contributed by atoms with Crippen molar-refractivity contribution in [2.45, 2.75) is 57.8 Å². The van der Waals surface area contributed by atoms with Crippen molar-refractivity contribution >= 4 is 44.5 Å². The normalized spacial score (nSPS) is 18.7. The summed E-state index contributed by atoms with van der Waals surface area (Å²) in [4.78, 5) is 2.35. The van der Waals surface area contributed by atoms with Gasteiger partial charge in [-0.3, -0.25) is 0 Å². The predicted molar refractivity (Wildman–Crippen MR) is 193 cm³/mol. The van der Waals surface area contributed by atoms with E-state index in [4.69, 9.17) is 11.6 Å². The van der Waals surface area contributed by atoms with E-state index in [0.29, 0.717) is 0 Å². The molecule has 224 valence electrons. The molecule has 1 aliphatic heterocycles. The monoisotopic (exact) mass is 598 g/mol. The fourth-order valence-electron chi connectivity index (χ4n) is 7.30. The van der Waals surface area contributed by atoms with E-state index in [1.807, 2.05) is 7.05 Å². The summed E-state index contributed by atoms with van der Waals surface area (Å²) in [6.07, 6.45) is 12.0. The maximum atomic E-state index is 7.13. The molecule has 4 aromatic rings. The van der Waals surface area contributed by atoms with Crippen LogP contribution in [-0.2, 0) is 10.8 Å². The SMILES string of the molecule is C=C(C=CC1=C(Cl)C(=CC=C2N(C)c3ccc4ccccc4c3C2(C)C)CCC1)C(C)(C)c1c(NC)ccc2ccccc12. The van der Waals surface area contributed by atoms with Crippen molar-refractivity contribution in [1.82, 2.24) is 0 Å². The lowest BCUT2D eigenvalue weighted by Crippen LogP contribution is -2.22. The van der Waals surface area contributed by atoms with Gasteiger partial charge in [0.15, 0.2) is 0 Å². The van der Waals surface area contributed by atoms with Gasteiger partial charge < -0.3 is 10.2 Å². The average molecular weight is 599 g/mol. The fourth-order valence-corrected chi connectivity index (χ4v) is 7.62. The number of halogens is 1. The predicted octanol–water partition coefficient (Wildman–Crippen LogP) is 11.3. The molecule has 0 saturated carbocycles. The first-order valence-electron chi connectivity index (χ1n) is 15.7. The molecular formula is C41H43ClN2. The number of likely N-dealkylation sites (N-methyl/N-ethyl adjacent to an activating group) is 1. The Morgan fingerprint density at radius 2 is 1.57 bits per heavy atom. The average Bonchev–Trinajstić information content (AvgIpc) is 3.22. The lowest BCUT2D eigenvalue weighted by molar-refractivity contribution is 0.645. The van der Waals surface area contributed by atoms with E-state index in [2.05, 4.69) is 149 Å². The van der Waals surface area contributed by atoms with Gasteiger partial charge in [0.2, 0.25) is 0 Å². The van der Waals surface area contributed by atoms with Crippen molar-refractivity contribution < 1.29 is 0 Å². The summed E-state index contributed by atoms with van der Waals surface area (Å²) in [7, 11) is 4.17. The van der Waals surface area contributed by atoms with Crippen LogP contribution in [0, 0.1) is 0 Å². The first kappa shape index (κ1) is 30.0. The minimum Gasteiger partial charge on any atom is -0.388 e. The van der Waals surface area contributed by atoms with Crippen LogP contribution in [0.3, 0.4) is 0 Å². The Morgan fingerprint density at radius 3 is 2.30 bits per heavy atom. The van der Waals surface area contributed by atoms with E-state index >= 15 is 0 Å². The van der Waals surface area contributed by atoms with E-state index in [1.165, 1.54) is 55.2 Å². The van der Waals surface area contributed by atoms with Gasteiger partial charge in [-0.25, -0.2) is 0 Å². The summed E-state index contributed by atoms with van der Waals surface area (Å²) in [6.45, 7) is 13.8. The quantitative estimate of drug-likeness (QED) is 0.222. The highest BCUT2D eigenvalue weighted by Crippen LogP contribution is 2.50. The van der Waals surface area contributed by atoms with Gasteiger partial charge in [-0.15, -0.1) is 0 Å². The Bertz CT molecular complexity index is 1910. The number of allylic oxidation sites excluding steroid dienone is 9. The number of hydrogen-bond acceptors (Lipinski definition) is 2. The first-order valence-corrected chi connectivity index (χ1v) is 16.1. The van der Waals surface area contributed by atoms with E-state index < -0.39 is 0 Å². The Morgan fingerprint density at radius 1 is 0.909 bits per heavy atom. The van der Waals surface area contributed by atoms with Crippen LogP contribution in [-0.4, -0.2) is 14.1 Å². The van der Waals surface area contributed by atoms with Gasteiger partial charge in [-0.1, -0.05) is 125 Å². The standard InChI is InChI=1S/C41H43ClN2/c1-27(40(2,3)37-32-17-10-8-13-28(32)21-24-34(37)43-6)19-20-30-15-12-16-31(39(30)42)23-26-36-41(4,5)38-33-18-11-9-14-29(33)22-25-35(38)44(36)7/h8-11,13-14,17-26,43H,1,12,15-16H2,2-7H3. The Balaban J connectivity index is 1.31. The number of nitrogens with zero attached hydrogens (tertiary/aromatic N) is 1. The minimum atomic E-state index is -0.279. The second kappa shape index (κ2) is 11.5. The van der Waals surface area contributed by atoms with Crippen LogP contribution < -0.4 is 10.2 Å². The van der Waals surface area contributed by atoms with E-state index in [-0.39, 0.29) is 10.8 Å². The van der Waals surface area contributed by atoms with Crippen LogP contribution in [0.1, 0.15) is 58.1 Å². The van der Waals surface area contributed by atoms with Gasteiger partial charge in [0.05, 0.1) is 0 Å². The summed E-state index contributed by atoms with van der Waals surface area (Å²) < 4.78 is 0. The molecule has 0 atom stereocenters. The van der Waals surface area contributed by atoms with E-state index in [9.17, 15) is 0 Å². The molecule has 2 aliphatic rings. The van der Waals surface area contributed by atoms with Crippen LogP contribution in [0.25, 0.3) is 21.5 Å². The van der Waals surface area contributed by atoms with Crippen LogP contribution >= 0.6 is 11.6 Å². The molecule has 1 aliphatic carbocycles. The van der Waals surface area contributed by atoms with Crippen molar-refractivity contribution in [2.75, 3.05) is 24.3 Å². The highest BCUT2D eigenvalue weighted by Gasteiger charge is 2.39. The lowest BCUT2D eigenvalue weighted by atomic mass is 9.75. The zero-order chi connectivity index (χ0) is 31.2. The topological polar surface area (TPSA) is 15.3 Å². The molecule has 0 saturated heterocycles. The Kier molecular flexibility index (Phi) is 7.84. The van der Waals surface area contributed by atoms with Gasteiger partial charge in [0.25, 0.3) is 0 Å². The summed E-state index contributed by atoms with van der Waals surface area (Å²) in [6, 6.07) is 26.1. The first-order chi connectivity index (χ1) is 21.1. The minimum absolute atomic E-state index is 0.118. The van der Waals surface area contributed by atoms with Gasteiger partial charge in [0.1, 0.15) is 0 Å². The molecule has 4 aromatic carbocycles. The molecular weight excluding hydrogens is 556 g/mol. The number of fused-ring (bicyclic) bond motifs is 4. The zero-order valence-corrected chi connectivity index (χ0v) is 27.6. The summed E-state index contributed by atoms with van der Waals surface area (Å²) in [5, 5.41) is 9.39. The smallest absolute Gasteiger partial charge is 0.0469 e. The molecule has 0 fully saturated rings. The molecule has 0 aromatic heterocycles. The highest BCUT2D eigenvalue weighted by atomic mass is 35.5. The van der Waals surface area contributed by atoms with E-state index in [0.717, 1.165) is 35.6 Å². The lowest BCUT2D eigenvalue weighted by Gasteiger charge is -2.30. The molecule has 0 amide bonds. The second-order valence-corrected chi connectivity index (χ2v) is 13.6. The molecule has 0 unspecified atom stereocenters. The fraction of sp³-hybridized carbons (Fsp3) is 0.268. The molecule has 0 radical (unpaired) electrons. The molecule has 6 rings (SSSR count). The van der Waals surface area contributed by atoms with Crippen molar-refractivity contribution in [3.05, 3.63) is 142 Å². The number of rotatable bonds is 6. The second-order valence-electron chi connectivity index (χ2n) is 13.2. The number of hydrogen-bond donors (Lipinski definition) is 1. The summed E-state index contributed by atoms with van der Waals surface area (Å²) >= 11 is 7.13. The molecule has 1 N–H and O–H groups in total. The molecule has 1 heterocycles. The summed E-state index contributed by atoms with van der Waals surface area (Å²) in [5.41, 5.74) is 9.39. The molecule has 0 spiro atoms. The molecule has 0 bridgehead atoms. The van der Waals surface area contributed by atoms with Crippen LogP contribution in [0.2, 0.25) is 0 Å². The van der Waals surface area contributed by atoms with Crippen LogP contribution in [0.5, 0.6) is 0 Å². The van der Waals surface area contributed by atoms with Crippen molar-refractivity contribution in [1.29, 1.82) is 0 Å². The third-order valence-corrected chi connectivity index (χ3v) is 10.4. The van der Waals surface area contributed by atoms with E-state index in [1.54, 1.807) is 0 Å². The van der Waals surface area contributed by atoms with Crippen molar-refractivity contribution in [3.63, 3.8) is 0 Å². The number of benzene rings is 4. The van der Waals surface area contributed by atoms with Gasteiger partial charge in [-0.05, 0) is 86.9 Å². The summed E-state index contributed by atoms with van der Waals surface area (Å²) in [5.74, 6) is 0. The Labute approximate surface area is 268 Å². The Hall–Kier alpha value is -4.01. The molecule has 2 nitrogen and oxygen atoms in total. The highest BCUT2D eigenvalue weighted by molar-refractivity contribution is 6.32. The van der Waals surface area contributed by atoms with Gasteiger partial charge in [-0.2, -0.15) is 0 Å². The zero-order valence-electron chi connectivity index (χ0n) is 26.9. The maximum Gasteiger partial charge on any atom is 0.0469 e. The molecule has 44 heavy (non-hydrogen) atoms. The third-order valence-electron chi connectivity index (χ3n) is 9.91. The van der Waals surface area contributed by atoms with Crippen LogP contribution in [0.4, 0.5) is 11.4 Å². The van der Waals surface area contributed by atoms with Crippen molar-refractivity contribution in [2.24, 2.45) is 0 Å². The van der Waals surface area contributed by atoms with Crippen LogP contribution in [0.15, 0.2) is 131 Å². The van der Waals surface area contributed by atoms with Crippen molar-refractivity contribution in [3.8, 4) is 0 Å². The molecule has 3 heteroatoms. The van der Waals surface area contributed by atoms with Gasteiger partial charge >= 0.3 is 0 Å². The number of nitrogens with one attached hydrogen (secondary N) is 1. The number of anilines is 2. The third kappa shape index (κ3) is 5.00. The largest absolute Gasteiger partial charge is 0.388 e. The van der Waals surface area contributed by atoms with Gasteiger partial charge in [0, 0.05) is 47.0 Å².